The van der Waals surface area contributed by atoms with Gasteiger partial charge in [0.1, 0.15) is 5.82 Å². The zero-order valence-corrected chi connectivity index (χ0v) is 8.10. The average Bonchev–Trinajstić information content (AvgIpc) is 2.55. The second-order valence-corrected chi connectivity index (χ2v) is 3.79. The highest BCUT2D eigenvalue weighted by atomic mass is 16.2. The Morgan fingerprint density at radius 2 is 2.33 bits per heavy atom. The molecule has 1 aliphatic carbocycles. The van der Waals surface area contributed by atoms with E-state index >= 15 is 0 Å². The molecule has 2 aromatic heterocycles. The van der Waals surface area contributed by atoms with Crippen molar-refractivity contribution in [3.63, 3.8) is 0 Å². The number of hydrogen-bond donors (Lipinski definition) is 2. The minimum atomic E-state index is -0.303. The van der Waals surface area contributed by atoms with Gasteiger partial charge in [-0.1, -0.05) is 0 Å². The van der Waals surface area contributed by atoms with Crippen molar-refractivity contribution >= 4 is 11.5 Å². The lowest BCUT2D eigenvalue weighted by Gasteiger charge is -2.26. The molecule has 2 N–H and O–H groups in total. The monoisotopic (exact) mass is 205 g/mol. The van der Waals surface area contributed by atoms with Crippen LogP contribution >= 0.6 is 0 Å². The molecular weight excluding hydrogens is 194 g/mol. The lowest BCUT2D eigenvalue weighted by Crippen LogP contribution is -2.28. The van der Waals surface area contributed by atoms with Crippen molar-refractivity contribution in [2.24, 2.45) is 0 Å². The summed E-state index contributed by atoms with van der Waals surface area (Å²) in [6.07, 6.45) is 3.63. The van der Waals surface area contributed by atoms with Crippen molar-refractivity contribution < 1.29 is 0 Å². The molecule has 2 heterocycles. The Labute approximate surface area is 85.3 Å². The van der Waals surface area contributed by atoms with Gasteiger partial charge in [0.05, 0.1) is 0 Å². The fourth-order valence-corrected chi connectivity index (χ4v) is 1.64. The number of H-pyrrole nitrogens is 1. The van der Waals surface area contributed by atoms with Gasteiger partial charge >= 0.3 is 5.69 Å². The Balaban J connectivity index is 1.97. The molecular formula is C9H11N5O. The second kappa shape index (κ2) is 3.08. The third kappa shape index (κ3) is 1.38. The van der Waals surface area contributed by atoms with E-state index in [-0.39, 0.29) is 5.69 Å². The van der Waals surface area contributed by atoms with Crippen molar-refractivity contribution in [2.45, 2.75) is 25.3 Å². The molecule has 0 aliphatic heterocycles. The zero-order chi connectivity index (χ0) is 10.3. The molecule has 6 heteroatoms. The molecule has 15 heavy (non-hydrogen) atoms. The molecule has 0 radical (unpaired) electrons. The number of nitrogens with zero attached hydrogens (tertiary/aromatic N) is 3. The summed E-state index contributed by atoms with van der Waals surface area (Å²) in [5.41, 5.74) is 0.237. The van der Waals surface area contributed by atoms with E-state index < -0.39 is 0 Å². The van der Waals surface area contributed by atoms with Gasteiger partial charge < -0.3 is 5.32 Å². The van der Waals surface area contributed by atoms with E-state index in [4.69, 9.17) is 0 Å². The molecule has 6 nitrogen and oxygen atoms in total. The van der Waals surface area contributed by atoms with Crippen molar-refractivity contribution in [3.05, 3.63) is 22.6 Å². The molecule has 0 atom stereocenters. The summed E-state index contributed by atoms with van der Waals surface area (Å²) >= 11 is 0. The number of aromatic nitrogens is 4. The van der Waals surface area contributed by atoms with Gasteiger partial charge in [0, 0.05) is 6.04 Å². The topological polar surface area (TPSA) is 75.1 Å². The van der Waals surface area contributed by atoms with Crippen LogP contribution in [0.25, 0.3) is 5.65 Å². The van der Waals surface area contributed by atoms with Crippen molar-refractivity contribution in [2.75, 3.05) is 5.32 Å². The Hall–Kier alpha value is -1.85. The summed E-state index contributed by atoms with van der Waals surface area (Å²) in [6, 6.07) is 4.12. The summed E-state index contributed by atoms with van der Waals surface area (Å²) in [5, 5.41) is 13.6. The Morgan fingerprint density at radius 3 is 3.07 bits per heavy atom. The van der Waals surface area contributed by atoms with E-state index in [0.717, 1.165) is 5.82 Å². The fourth-order valence-electron chi connectivity index (χ4n) is 1.64. The predicted molar refractivity (Wildman–Crippen MR) is 54.9 cm³/mol. The van der Waals surface area contributed by atoms with Crippen LogP contribution in [-0.4, -0.2) is 25.9 Å². The summed E-state index contributed by atoms with van der Waals surface area (Å²) in [5.74, 6) is 0.732. The molecule has 0 spiro atoms. The standard InChI is InChI=1S/C9H11N5O/c15-9-12-11-8-5-4-7(13-14(8)9)10-6-2-1-3-6/h4-6H,1-3H2,(H,10,13)(H,12,15). The zero-order valence-electron chi connectivity index (χ0n) is 8.10. The maximum Gasteiger partial charge on any atom is 0.364 e. The third-order valence-corrected chi connectivity index (χ3v) is 2.73. The minimum Gasteiger partial charge on any atom is -0.366 e. The van der Waals surface area contributed by atoms with Gasteiger partial charge in [-0.25, -0.2) is 9.89 Å². The fraction of sp³-hybridized carbons (Fsp3) is 0.444. The number of nitrogens with one attached hydrogen (secondary N) is 2. The lowest BCUT2D eigenvalue weighted by atomic mass is 9.93. The van der Waals surface area contributed by atoms with Crippen LogP contribution in [0.2, 0.25) is 0 Å². The van der Waals surface area contributed by atoms with Crippen molar-refractivity contribution in [1.29, 1.82) is 0 Å². The maximum atomic E-state index is 11.3. The highest BCUT2D eigenvalue weighted by Crippen LogP contribution is 2.21. The molecule has 1 fully saturated rings. The first-order valence-corrected chi connectivity index (χ1v) is 5.04. The summed E-state index contributed by atoms with van der Waals surface area (Å²) in [6.45, 7) is 0. The maximum absolute atomic E-state index is 11.3. The third-order valence-electron chi connectivity index (χ3n) is 2.73. The molecule has 0 amide bonds. The van der Waals surface area contributed by atoms with E-state index in [0.29, 0.717) is 11.7 Å². The number of rotatable bonds is 2. The van der Waals surface area contributed by atoms with Crippen LogP contribution in [0.15, 0.2) is 16.9 Å². The van der Waals surface area contributed by atoms with Crippen LogP contribution in [-0.2, 0) is 0 Å². The largest absolute Gasteiger partial charge is 0.366 e. The quantitative estimate of drug-likeness (QED) is 0.743. The minimum absolute atomic E-state index is 0.303. The SMILES string of the molecule is O=c1[nH]nc2ccc(NC3CCC3)nn12. The Kier molecular flexibility index (Phi) is 1.74. The average molecular weight is 205 g/mol. The molecule has 2 aromatic rings. The van der Waals surface area contributed by atoms with E-state index in [1.54, 1.807) is 6.07 Å². The highest BCUT2D eigenvalue weighted by molar-refractivity contribution is 5.43. The van der Waals surface area contributed by atoms with Crippen LogP contribution in [0, 0.1) is 0 Å². The number of hydrogen-bond acceptors (Lipinski definition) is 4. The van der Waals surface area contributed by atoms with Gasteiger partial charge in [-0.3, -0.25) is 0 Å². The normalized spacial score (nSPS) is 16.5. The van der Waals surface area contributed by atoms with Crippen molar-refractivity contribution in [3.8, 4) is 0 Å². The van der Waals surface area contributed by atoms with Crippen LogP contribution in [0.5, 0.6) is 0 Å². The summed E-state index contributed by atoms with van der Waals surface area (Å²) in [4.78, 5) is 11.3. The van der Waals surface area contributed by atoms with Crippen LogP contribution < -0.4 is 11.0 Å². The molecule has 78 valence electrons. The Bertz CT molecular complexity index is 539. The van der Waals surface area contributed by atoms with Crippen molar-refractivity contribution in [1.82, 2.24) is 19.8 Å². The number of aromatic amines is 1. The molecule has 1 saturated carbocycles. The number of fused-ring (bicyclic) bond motifs is 1. The van der Waals surface area contributed by atoms with Gasteiger partial charge in [0.25, 0.3) is 0 Å². The Morgan fingerprint density at radius 1 is 1.47 bits per heavy atom. The molecule has 0 unspecified atom stereocenters. The predicted octanol–water partition coefficient (Wildman–Crippen LogP) is 0.382. The van der Waals surface area contributed by atoms with Crippen LogP contribution in [0.4, 0.5) is 5.82 Å². The van der Waals surface area contributed by atoms with E-state index in [1.165, 1.54) is 23.8 Å². The van der Waals surface area contributed by atoms with Gasteiger partial charge in [0.2, 0.25) is 0 Å². The molecule has 1 aliphatic rings. The first-order valence-electron chi connectivity index (χ1n) is 5.04. The van der Waals surface area contributed by atoms with E-state index in [1.807, 2.05) is 6.07 Å². The van der Waals surface area contributed by atoms with Crippen LogP contribution in [0.3, 0.4) is 0 Å². The first-order chi connectivity index (χ1) is 7.33. The van der Waals surface area contributed by atoms with Gasteiger partial charge in [-0.15, -0.1) is 5.10 Å². The van der Waals surface area contributed by atoms with Crippen LogP contribution in [0.1, 0.15) is 19.3 Å². The van der Waals surface area contributed by atoms with Gasteiger partial charge in [-0.05, 0) is 31.4 Å². The number of anilines is 1. The molecule has 0 saturated heterocycles. The highest BCUT2D eigenvalue weighted by Gasteiger charge is 2.17. The lowest BCUT2D eigenvalue weighted by molar-refractivity contribution is 0.444. The molecule has 0 aromatic carbocycles. The van der Waals surface area contributed by atoms with E-state index in [9.17, 15) is 4.79 Å². The molecule has 0 bridgehead atoms. The molecule has 3 rings (SSSR count). The van der Waals surface area contributed by atoms with Gasteiger partial charge in [-0.2, -0.15) is 9.61 Å². The first kappa shape index (κ1) is 8.46. The summed E-state index contributed by atoms with van der Waals surface area (Å²) in [7, 11) is 0. The second-order valence-electron chi connectivity index (χ2n) is 3.79. The smallest absolute Gasteiger partial charge is 0.364 e. The summed E-state index contributed by atoms with van der Waals surface area (Å²) < 4.78 is 1.26. The van der Waals surface area contributed by atoms with Gasteiger partial charge in [0.15, 0.2) is 5.65 Å². The van der Waals surface area contributed by atoms with E-state index in [2.05, 4.69) is 20.6 Å².